The SMILES string of the molecule is Cc1cc(N2CC3CNCC3C2(C)C)c2ccccc2n1. The van der Waals surface area contributed by atoms with Crippen molar-refractivity contribution in [1.29, 1.82) is 0 Å². The normalized spacial score (nSPS) is 27.3. The summed E-state index contributed by atoms with van der Waals surface area (Å²) in [5, 5.41) is 4.84. The fourth-order valence-corrected chi connectivity index (χ4v) is 4.34. The summed E-state index contributed by atoms with van der Waals surface area (Å²) in [6.45, 7) is 10.4. The number of nitrogens with one attached hydrogen (secondary N) is 1. The molecule has 2 aliphatic rings. The van der Waals surface area contributed by atoms with Crippen molar-refractivity contribution in [2.45, 2.75) is 26.3 Å². The molecule has 3 heterocycles. The summed E-state index contributed by atoms with van der Waals surface area (Å²) < 4.78 is 0. The number of benzene rings is 1. The van der Waals surface area contributed by atoms with Gasteiger partial charge in [0.25, 0.3) is 0 Å². The Morgan fingerprint density at radius 1 is 1.24 bits per heavy atom. The first kappa shape index (κ1) is 13.1. The Bertz CT molecular complexity index is 692. The van der Waals surface area contributed by atoms with Gasteiger partial charge in [-0.05, 0) is 44.7 Å². The van der Waals surface area contributed by atoms with Gasteiger partial charge >= 0.3 is 0 Å². The van der Waals surface area contributed by atoms with Crippen LogP contribution in [0.15, 0.2) is 30.3 Å². The summed E-state index contributed by atoms with van der Waals surface area (Å²) in [4.78, 5) is 7.31. The van der Waals surface area contributed by atoms with E-state index in [0.29, 0.717) is 0 Å². The third kappa shape index (κ3) is 1.87. The second kappa shape index (κ2) is 4.44. The monoisotopic (exact) mass is 281 g/mol. The van der Waals surface area contributed by atoms with Gasteiger partial charge in [-0.15, -0.1) is 0 Å². The number of pyridine rings is 1. The minimum absolute atomic E-state index is 0.199. The highest BCUT2D eigenvalue weighted by molar-refractivity contribution is 5.92. The van der Waals surface area contributed by atoms with E-state index in [1.807, 2.05) is 0 Å². The van der Waals surface area contributed by atoms with E-state index in [0.717, 1.165) is 42.7 Å². The Labute approximate surface area is 126 Å². The summed E-state index contributed by atoms with van der Waals surface area (Å²) in [5.41, 5.74) is 3.77. The Kier molecular flexibility index (Phi) is 2.77. The highest BCUT2D eigenvalue weighted by atomic mass is 15.3. The van der Waals surface area contributed by atoms with Gasteiger partial charge in [0, 0.05) is 41.9 Å². The number of rotatable bonds is 1. The van der Waals surface area contributed by atoms with Crippen molar-refractivity contribution >= 4 is 16.6 Å². The molecule has 0 saturated carbocycles. The Balaban J connectivity index is 1.87. The molecule has 21 heavy (non-hydrogen) atoms. The summed E-state index contributed by atoms with van der Waals surface area (Å²) in [5.74, 6) is 1.51. The summed E-state index contributed by atoms with van der Waals surface area (Å²) in [7, 11) is 0. The maximum atomic E-state index is 4.69. The largest absolute Gasteiger partial charge is 0.365 e. The van der Waals surface area contributed by atoms with Crippen molar-refractivity contribution in [3.05, 3.63) is 36.0 Å². The van der Waals surface area contributed by atoms with E-state index >= 15 is 0 Å². The van der Waals surface area contributed by atoms with Crippen LogP contribution < -0.4 is 10.2 Å². The molecule has 3 nitrogen and oxygen atoms in total. The van der Waals surface area contributed by atoms with E-state index in [1.54, 1.807) is 0 Å². The van der Waals surface area contributed by atoms with E-state index in [1.165, 1.54) is 11.1 Å². The molecule has 1 aromatic heterocycles. The third-order valence-electron chi connectivity index (χ3n) is 5.47. The van der Waals surface area contributed by atoms with Crippen molar-refractivity contribution in [3.63, 3.8) is 0 Å². The van der Waals surface area contributed by atoms with Crippen LogP contribution in [0, 0.1) is 18.8 Å². The fraction of sp³-hybridized carbons (Fsp3) is 0.500. The number of aryl methyl sites for hydroxylation is 1. The average molecular weight is 281 g/mol. The van der Waals surface area contributed by atoms with Crippen LogP contribution in [0.2, 0.25) is 0 Å². The number of para-hydroxylation sites is 1. The molecule has 0 radical (unpaired) electrons. The fourth-order valence-electron chi connectivity index (χ4n) is 4.34. The molecule has 0 spiro atoms. The number of hydrogen-bond donors (Lipinski definition) is 1. The molecule has 2 unspecified atom stereocenters. The molecule has 0 aliphatic carbocycles. The number of hydrogen-bond acceptors (Lipinski definition) is 3. The predicted octanol–water partition coefficient (Wildman–Crippen LogP) is 2.98. The lowest BCUT2D eigenvalue weighted by molar-refractivity contribution is 0.357. The van der Waals surface area contributed by atoms with E-state index in [4.69, 9.17) is 0 Å². The molecule has 2 saturated heterocycles. The van der Waals surface area contributed by atoms with Crippen LogP contribution in [-0.2, 0) is 0 Å². The lowest BCUT2D eigenvalue weighted by Crippen LogP contribution is -2.44. The maximum Gasteiger partial charge on any atom is 0.0726 e. The quantitative estimate of drug-likeness (QED) is 0.871. The second-order valence-electron chi connectivity index (χ2n) is 7.09. The number of fused-ring (bicyclic) bond motifs is 2. The first-order valence-electron chi connectivity index (χ1n) is 7.92. The van der Waals surface area contributed by atoms with Gasteiger partial charge in [0.2, 0.25) is 0 Å². The van der Waals surface area contributed by atoms with Gasteiger partial charge in [-0.3, -0.25) is 4.98 Å². The Hall–Kier alpha value is -1.61. The van der Waals surface area contributed by atoms with Crippen LogP contribution >= 0.6 is 0 Å². The van der Waals surface area contributed by atoms with Gasteiger partial charge in [-0.2, -0.15) is 0 Å². The van der Waals surface area contributed by atoms with E-state index in [9.17, 15) is 0 Å². The van der Waals surface area contributed by atoms with Crippen LogP contribution in [-0.4, -0.2) is 30.2 Å². The molecule has 2 atom stereocenters. The molecule has 110 valence electrons. The lowest BCUT2D eigenvalue weighted by atomic mass is 9.84. The first-order chi connectivity index (χ1) is 10.1. The maximum absolute atomic E-state index is 4.69. The zero-order chi connectivity index (χ0) is 14.6. The zero-order valence-corrected chi connectivity index (χ0v) is 13.1. The molecule has 1 N–H and O–H groups in total. The van der Waals surface area contributed by atoms with Crippen molar-refractivity contribution in [2.24, 2.45) is 11.8 Å². The molecule has 4 rings (SSSR count). The molecule has 3 heteroatoms. The van der Waals surface area contributed by atoms with Gasteiger partial charge in [-0.25, -0.2) is 0 Å². The van der Waals surface area contributed by atoms with Gasteiger partial charge in [0.05, 0.1) is 5.52 Å². The van der Waals surface area contributed by atoms with Crippen LogP contribution in [0.4, 0.5) is 5.69 Å². The first-order valence-corrected chi connectivity index (χ1v) is 7.92. The zero-order valence-electron chi connectivity index (χ0n) is 13.1. The van der Waals surface area contributed by atoms with Crippen molar-refractivity contribution in [3.8, 4) is 0 Å². The molecule has 1 aromatic carbocycles. The van der Waals surface area contributed by atoms with E-state index < -0.39 is 0 Å². The summed E-state index contributed by atoms with van der Waals surface area (Å²) >= 11 is 0. The average Bonchev–Trinajstić information content (AvgIpc) is 3.00. The number of aromatic nitrogens is 1. The van der Waals surface area contributed by atoms with Crippen molar-refractivity contribution in [1.82, 2.24) is 10.3 Å². The second-order valence-corrected chi connectivity index (χ2v) is 7.09. The molecule has 0 amide bonds. The molecule has 2 aromatic rings. The van der Waals surface area contributed by atoms with Crippen LogP contribution in [0.1, 0.15) is 19.5 Å². The van der Waals surface area contributed by atoms with E-state index in [2.05, 4.69) is 66.3 Å². The number of nitrogens with zero attached hydrogens (tertiary/aromatic N) is 2. The number of anilines is 1. The van der Waals surface area contributed by atoms with Gasteiger partial charge in [0.15, 0.2) is 0 Å². The highest BCUT2D eigenvalue weighted by Crippen LogP contribution is 2.44. The molecular formula is C18H23N3. The van der Waals surface area contributed by atoms with Gasteiger partial charge < -0.3 is 10.2 Å². The minimum Gasteiger partial charge on any atom is -0.365 e. The molecule has 2 fully saturated rings. The molecule has 2 aliphatic heterocycles. The molecule has 0 bridgehead atoms. The van der Waals surface area contributed by atoms with Gasteiger partial charge in [0.1, 0.15) is 0 Å². The smallest absolute Gasteiger partial charge is 0.0726 e. The predicted molar refractivity (Wildman–Crippen MR) is 87.8 cm³/mol. The van der Waals surface area contributed by atoms with Crippen LogP contribution in [0.5, 0.6) is 0 Å². The summed E-state index contributed by atoms with van der Waals surface area (Å²) in [6, 6.07) is 10.8. The third-order valence-corrected chi connectivity index (χ3v) is 5.47. The van der Waals surface area contributed by atoms with Crippen LogP contribution in [0.3, 0.4) is 0 Å². The van der Waals surface area contributed by atoms with Crippen LogP contribution in [0.25, 0.3) is 10.9 Å². The Morgan fingerprint density at radius 3 is 2.86 bits per heavy atom. The summed E-state index contributed by atoms with van der Waals surface area (Å²) in [6.07, 6.45) is 0. The standard InChI is InChI=1S/C18H23N3/c1-12-8-17(14-6-4-5-7-16(14)20-12)21-11-13-9-19-10-15(13)18(21,2)3/h4-8,13,15,19H,9-11H2,1-3H3. The van der Waals surface area contributed by atoms with Crippen molar-refractivity contribution < 1.29 is 0 Å². The lowest BCUT2D eigenvalue weighted by Gasteiger charge is -2.38. The van der Waals surface area contributed by atoms with Crippen molar-refractivity contribution in [2.75, 3.05) is 24.5 Å². The van der Waals surface area contributed by atoms with Gasteiger partial charge in [-0.1, -0.05) is 18.2 Å². The molecular weight excluding hydrogens is 258 g/mol. The topological polar surface area (TPSA) is 28.2 Å². The Morgan fingerprint density at radius 2 is 2.05 bits per heavy atom. The van der Waals surface area contributed by atoms with E-state index in [-0.39, 0.29) is 5.54 Å². The highest BCUT2D eigenvalue weighted by Gasteiger charge is 2.49. The minimum atomic E-state index is 0.199.